The third-order valence-corrected chi connectivity index (χ3v) is 4.64. The Labute approximate surface area is 123 Å². The second-order valence-electron chi connectivity index (χ2n) is 5.71. The van der Waals surface area contributed by atoms with E-state index in [4.69, 9.17) is 0 Å². The Hall–Kier alpha value is -1.26. The van der Waals surface area contributed by atoms with Crippen molar-refractivity contribution in [2.45, 2.75) is 26.3 Å². The Bertz CT molecular complexity index is 568. The monoisotopic (exact) mass is 290 g/mol. The lowest BCUT2D eigenvalue weighted by Gasteiger charge is -2.15. The summed E-state index contributed by atoms with van der Waals surface area (Å²) in [5.74, 6) is 0.582. The molecule has 0 spiro atoms. The van der Waals surface area contributed by atoms with E-state index in [9.17, 15) is 4.39 Å². The highest BCUT2D eigenvalue weighted by Gasteiger charge is 2.22. The number of benzene rings is 1. The fourth-order valence-electron chi connectivity index (χ4n) is 2.95. The number of aromatic nitrogens is 1. The van der Waals surface area contributed by atoms with Crippen LogP contribution in [0.2, 0.25) is 0 Å². The maximum absolute atomic E-state index is 13.3. The van der Waals surface area contributed by atoms with Gasteiger partial charge in [-0.2, -0.15) is 0 Å². The fraction of sp³-hybridized carbons (Fsp3) is 0.438. The molecule has 0 bridgehead atoms. The first-order chi connectivity index (χ1) is 9.70. The van der Waals surface area contributed by atoms with E-state index in [-0.39, 0.29) is 5.82 Å². The van der Waals surface area contributed by atoms with Crippen LogP contribution in [0.4, 0.5) is 4.39 Å². The van der Waals surface area contributed by atoms with Gasteiger partial charge in [-0.05, 0) is 66.5 Å². The number of aryl methyl sites for hydroxylation is 1. The molecule has 1 unspecified atom stereocenters. The largest absolute Gasteiger partial charge is 0.299 e. The van der Waals surface area contributed by atoms with Gasteiger partial charge < -0.3 is 0 Å². The van der Waals surface area contributed by atoms with E-state index in [1.807, 2.05) is 25.3 Å². The average Bonchev–Trinajstić information content (AvgIpc) is 3.07. The summed E-state index contributed by atoms with van der Waals surface area (Å²) in [5, 5.41) is 2.12. The van der Waals surface area contributed by atoms with Crippen LogP contribution in [0.5, 0.6) is 0 Å². The van der Waals surface area contributed by atoms with Crippen LogP contribution in [0.15, 0.2) is 29.8 Å². The van der Waals surface area contributed by atoms with Gasteiger partial charge in [0.1, 0.15) is 5.82 Å². The topological polar surface area (TPSA) is 16.1 Å². The van der Waals surface area contributed by atoms with E-state index in [1.165, 1.54) is 29.1 Å². The Balaban J connectivity index is 1.56. The number of nitrogens with zero attached hydrogens (tertiary/aromatic N) is 2. The van der Waals surface area contributed by atoms with Crippen LogP contribution >= 0.6 is 11.5 Å². The summed E-state index contributed by atoms with van der Waals surface area (Å²) in [5.41, 5.74) is 3.32. The fourth-order valence-corrected chi connectivity index (χ4v) is 3.48. The highest BCUT2D eigenvalue weighted by atomic mass is 32.1. The van der Waals surface area contributed by atoms with Gasteiger partial charge in [-0.3, -0.25) is 4.90 Å². The Morgan fingerprint density at radius 1 is 1.40 bits per heavy atom. The zero-order valence-corrected chi connectivity index (χ0v) is 12.5. The molecule has 0 radical (unpaired) electrons. The van der Waals surface area contributed by atoms with Crippen LogP contribution in [0, 0.1) is 18.7 Å². The molecule has 1 aliphatic heterocycles. The van der Waals surface area contributed by atoms with Crippen LogP contribution in [0.1, 0.15) is 23.1 Å². The lowest BCUT2D eigenvalue weighted by Crippen LogP contribution is -2.20. The van der Waals surface area contributed by atoms with Gasteiger partial charge in [-0.15, -0.1) is 0 Å². The van der Waals surface area contributed by atoms with Crippen molar-refractivity contribution in [1.82, 2.24) is 9.27 Å². The summed E-state index contributed by atoms with van der Waals surface area (Å²) in [4.78, 5) is 2.49. The zero-order valence-electron chi connectivity index (χ0n) is 11.7. The summed E-state index contributed by atoms with van der Waals surface area (Å²) >= 11 is 1.52. The van der Waals surface area contributed by atoms with E-state index in [0.717, 1.165) is 31.6 Å². The van der Waals surface area contributed by atoms with Crippen molar-refractivity contribution in [3.05, 3.63) is 52.3 Å². The second-order valence-corrected chi connectivity index (χ2v) is 6.37. The van der Waals surface area contributed by atoms with E-state index in [0.29, 0.717) is 5.92 Å². The minimum absolute atomic E-state index is 0.105. The van der Waals surface area contributed by atoms with Gasteiger partial charge in [0, 0.05) is 24.7 Å². The van der Waals surface area contributed by atoms with E-state index in [1.54, 1.807) is 6.07 Å². The van der Waals surface area contributed by atoms with Crippen LogP contribution < -0.4 is 0 Å². The SMILES string of the molecule is Cc1cc(CC2CCN(Cc3cnsc3)C2)ccc1F. The summed E-state index contributed by atoms with van der Waals surface area (Å²) in [6.45, 7) is 5.13. The van der Waals surface area contributed by atoms with Crippen molar-refractivity contribution in [2.75, 3.05) is 13.1 Å². The molecule has 0 amide bonds. The molecule has 1 saturated heterocycles. The van der Waals surface area contributed by atoms with Crippen LogP contribution in [-0.2, 0) is 13.0 Å². The number of rotatable bonds is 4. The molecule has 1 fully saturated rings. The van der Waals surface area contributed by atoms with E-state index < -0.39 is 0 Å². The van der Waals surface area contributed by atoms with Crippen molar-refractivity contribution >= 4 is 11.5 Å². The molecule has 0 saturated carbocycles. The molecule has 20 heavy (non-hydrogen) atoms. The van der Waals surface area contributed by atoms with Crippen molar-refractivity contribution in [2.24, 2.45) is 5.92 Å². The van der Waals surface area contributed by atoms with Gasteiger partial charge in [0.05, 0.1) is 0 Å². The summed E-state index contributed by atoms with van der Waals surface area (Å²) in [6.07, 6.45) is 4.24. The predicted octanol–water partition coefficient (Wildman–Crippen LogP) is 3.66. The van der Waals surface area contributed by atoms with Gasteiger partial charge in [-0.25, -0.2) is 8.76 Å². The molecule has 1 aromatic carbocycles. The van der Waals surface area contributed by atoms with E-state index >= 15 is 0 Å². The molecule has 0 N–H and O–H groups in total. The number of hydrogen-bond donors (Lipinski definition) is 0. The lowest BCUT2D eigenvalue weighted by molar-refractivity contribution is 0.316. The third kappa shape index (κ3) is 3.25. The average molecular weight is 290 g/mol. The molecule has 1 atom stereocenters. The van der Waals surface area contributed by atoms with Crippen LogP contribution in [-0.4, -0.2) is 22.4 Å². The summed E-state index contributed by atoms with van der Waals surface area (Å²) in [7, 11) is 0. The quantitative estimate of drug-likeness (QED) is 0.854. The van der Waals surface area contributed by atoms with Crippen molar-refractivity contribution in [1.29, 1.82) is 0 Å². The second kappa shape index (κ2) is 6.02. The van der Waals surface area contributed by atoms with Crippen molar-refractivity contribution in [3.63, 3.8) is 0 Å². The molecule has 3 rings (SSSR count). The van der Waals surface area contributed by atoms with Crippen molar-refractivity contribution < 1.29 is 4.39 Å². The highest BCUT2D eigenvalue weighted by Crippen LogP contribution is 2.23. The minimum Gasteiger partial charge on any atom is -0.299 e. The van der Waals surface area contributed by atoms with Gasteiger partial charge in [-0.1, -0.05) is 12.1 Å². The van der Waals surface area contributed by atoms with Crippen LogP contribution in [0.3, 0.4) is 0 Å². The Morgan fingerprint density at radius 3 is 3.05 bits per heavy atom. The molecule has 1 aliphatic rings. The Kier molecular flexibility index (Phi) is 4.13. The number of halogens is 1. The van der Waals surface area contributed by atoms with Gasteiger partial charge in [0.2, 0.25) is 0 Å². The minimum atomic E-state index is -0.105. The molecule has 106 valence electrons. The third-order valence-electron chi connectivity index (χ3n) is 4.01. The number of likely N-dealkylation sites (tertiary alicyclic amines) is 1. The van der Waals surface area contributed by atoms with Gasteiger partial charge in [0.15, 0.2) is 0 Å². The molecule has 2 aromatic rings. The zero-order chi connectivity index (χ0) is 13.9. The predicted molar refractivity (Wildman–Crippen MR) is 80.3 cm³/mol. The molecule has 2 nitrogen and oxygen atoms in total. The first-order valence-corrected chi connectivity index (χ1v) is 7.90. The molecule has 0 aliphatic carbocycles. The van der Waals surface area contributed by atoms with Crippen molar-refractivity contribution in [3.8, 4) is 0 Å². The van der Waals surface area contributed by atoms with Gasteiger partial charge >= 0.3 is 0 Å². The molecule has 2 heterocycles. The van der Waals surface area contributed by atoms with Gasteiger partial charge in [0.25, 0.3) is 0 Å². The molecular formula is C16H19FN2S. The normalized spacial score (nSPS) is 19.6. The lowest BCUT2D eigenvalue weighted by atomic mass is 9.97. The smallest absolute Gasteiger partial charge is 0.126 e. The van der Waals surface area contributed by atoms with Crippen LogP contribution in [0.25, 0.3) is 0 Å². The summed E-state index contributed by atoms with van der Waals surface area (Å²) < 4.78 is 17.4. The first kappa shape index (κ1) is 13.7. The van der Waals surface area contributed by atoms with E-state index in [2.05, 4.69) is 14.7 Å². The molecule has 4 heteroatoms. The highest BCUT2D eigenvalue weighted by molar-refractivity contribution is 7.03. The maximum atomic E-state index is 13.3. The Morgan fingerprint density at radius 2 is 2.30 bits per heavy atom. The number of hydrogen-bond acceptors (Lipinski definition) is 3. The molecule has 1 aromatic heterocycles. The standard InChI is InChI=1S/C16H19FN2S/c1-12-6-13(2-3-16(12)17)7-14-4-5-19(9-14)10-15-8-18-20-11-15/h2-3,6,8,11,14H,4-5,7,9-10H2,1H3. The summed E-state index contributed by atoms with van der Waals surface area (Å²) in [6, 6.07) is 5.50. The first-order valence-electron chi connectivity index (χ1n) is 7.06. The maximum Gasteiger partial charge on any atom is 0.126 e. The molecular weight excluding hydrogens is 271 g/mol.